The molecule has 66 valence electrons. The molecule has 0 aromatic carbocycles. The first-order valence-electron chi connectivity index (χ1n) is 4.05. The summed E-state index contributed by atoms with van der Waals surface area (Å²) in [5.41, 5.74) is 1.19. The monoisotopic (exact) mass is 156 g/mol. The average Bonchev–Trinajstić information content (AvgIpc) is 1.86. The van der Waals surface area contributed by atoms with Crippen LogP contribution in [-0.2, 0) is 0 Å². The highest BCUT2D eigenvalue weighted by atomic mass is 15.1. The van der Waals surface area contributed by atoms with Crippen molar-refractivity contribution in [3.05, 3.63) is 12.2 Å². The molecule has 0 fully saturated rings. The van der Waals surface area contributed by atoms with Crippen molar-refractivity contribution >= 4 is 0 Å². The van der Waals surface area contributed by atoms with E-state index in [1.54, 1.807) is 0 Å². The van der Waals surface area contributed by atoms with Crippen molar-refractivity contribution < 1.29 is 0 Å². The topological polar surface area (TPSA) is 15.3 Å². The lowest BCUT2D eigenvalue weighted by atomic mass is 10.3. The summed E-state index contributed by atoms with van der Waals surface area (Å²) in [6.45, 7) is 10.0. The lowest BCUT2D eigenvalue weighted by molar-refractivity contribution is 0.305. The van der Waals surface area contributed by atoms with Crippen LogP contribution in [0.15, 0.2) is 12.2 Å². The molecule has 0 saturated carbocycles. The summed E-state index contributed by atoms with van der Waals surface area (Å²) in [5, 5.41) is 3.32. The van der Waals surface area contributed by atoms with Gasteiger partial charge in [-0.05, 0) is 27.9 Å². The van der Waals surface area contributed by atoms with E-state index in [4.69, 9.17) is 0 Å². The Hall–Kier alpha value is -0.340. The van der Waals surface area contributed by atoms with Crippen molar-refractivity contribution in [2.75, 3.05) is 27.2 Å². The van der Waals surface area contributed by atoms with Crippen molar-refractivity contribution in [1.82, 2.24) is 10.2 Å². The van der Waals surface area contributed by atoms with Crippen LogP contribution >= 0.6 is 0 Å². The Bertz CT molecular complexity index is 119. The molecule has 0 amide bonds. The molecule has 0 spiro atoms. The van der Waals surface area contributed by atoms with E-state index in [1.807, 2.05) is 6.92 Å². The van der Waals surface area contributed by atoms with E-state index in [0.29, 0.717) is 6.04 Å². The van der Waals surface area contributed by atoms with Crippen LogP contribution < -0.4 is 5.32 Å². The Morgan fingerprint density at radius 3 is 2.45 bits per heavy atom. The standard InChI is InChI=1S/C9H20N2/c1-8(2)6-10-7-9(3)11(4)5/h9-10H,1,6-7H2,2-5H3. The van der Waals surface area contributed by atoms with Crippen LogP contribution in [0, 0.1) is 0 Å². The SMILES string of the molecule is C=C(C)CNCC(C)N(C)C. The van der Waals surface area contributed by atoms with Gasteiger partial charge in [-0.3, -0.25) is 0 Å². The van der Waals surface area contributed by atoms with E-state index in [1.165, 1.54) is 5.57 Å². The van der Waals surface area contributed by atoms with Gasteiger partial charge in [0.2, 0.25) is 0 Å². The number of likely N-dealkylation sites (N-methyl/N-ethyl adjacent to an activating group) is 1. The maximum absolute atomic E-state index is 3.82. The molecule has 0 aromatic heterocycles. The largest absolute Gasteiger partial charge is 0.311 e. The molecule has 0 bridgehead atoms. The van der Waals surface area contributed by atoms with Crippen LogP contribution in [0.1, 0.15) is 13.8 Å². The molecule has 0 aliphatic heterocycles. The first-order chi connectivity index (χ1) is 5.04. The third kappa shape index (κ3) is 6.07. The Labute approximate surface area is 70.3 Å². The summed E-state index contributed by atoms with van der Waals surface area (Å²) < 4.78 is 0. The first kappa shape index (κ1) is 10.7. The molecule has 1 atom stereocenters. The van der Waals surface area contributed by atoms with Crippen molar-refractivity contribution in [2.45, 2.75) is 19.9 Å². The maximum atomic E-state index is 3.82. The van der Waals surface area contributed by atoms with E-state index >= 15 is 0 Å². The van der Waals surface area contributed by atoms with Crippen LogP contribution in [0.2, 0.25) is 0 Å². The van der Waals surface area contributed by atoms with Crippen molar-refractivity contribution in [2.24, 2.45) is 0 Å². The van der Waals surface area contributed by atoms with Crippen LogP contribution in [0.4, 0.5) is 0 Å². The molecule has 0 aliphatic carbocycles. The minimum absolute atomic E-state index is 0.592. The zero-order valence-electron chi connectivity index (χ0n) is 8.15. The fraction of sp³-hybridized carbons (Fsp3) is 0.778. The quantitative estimate of drug-likeness (QED) is 0.600. The highest BCUT2D eigenvalue weighted by molar-refractivity contribution is 4.90. The third-order valence-electron chi connectivity index (χ3n) is 1.75. The highest BCUT2D eigenvalue weighted by Crippen LogP contribution is 1.89. The zero-order chi connectivity index (χ0) is 8.85. The molecule has 0 heterocycles. The van der Waals surface area contributed by atoms with Gasteiger partial charge in [0, 0.05) is 19.1 Å². The summed E-state index contributed by atoms with van der Waals surface area (Å²) >= 11 is 0. The average molecular weight is 156 g/mol. The van der Waals surface area contributed by atoms with Gasteiger partial charge >= 0.3 is 0 Å². The number of nitrogens with one attached hydrogen (secondary N) is 1. The lowest BCUT2D eigenvalue weighted by Crippen LogP contribution is -2.35. The van der Waals surface area contributed by atoms with Gasteiger partial charge in [0.15, 0.2) is 0 Å². The molecule has 2 heteroatoms. The van der Waals surface area contributed by atoms with Crippen LogP contribution in [-0.4, -0.2) is 38.1 Å². The lowest BCUT2D eigenvalue weighted by Gasteiger charge is -2.19. The summed E-state index contributed by atoms with van der Waals surface area (Å²) in [5.74, 6) is 0. The number of hydrogen-bond acceptors (Lipinski definition) is 2. The van der Waals surface area contributed by atoms with E-state index in [-0.39, 0.29) is 0 Å². The minimum atomic E-state index is 0.592. The smallest absolute Gasteiger partial charge is 0.0186 e. The van der Waals surface area contributed by atoms with Gasteiger partial charge in [0.25, 0.3) is 0 Å². The summed E-state index contributed by atoms with van der Waals surface area (Å²) in [6, 6.07) is 0.592. The van der Waals surface area contributed by atoms with Gasteiger partial charge in [0.05, 0.1) is 0 Å². The third-order valence-corrected chi connectivity index (χ3v) is 1.75. The second kappa shape index (κ2) is 5.33. The Balaban J connectivity index is 3.31. The molecule has 2 nitrogen and oxygen atoms in total. The Morgan fingerprint density at radius 1 is 1.55 bits per heavy atom. The van der Waals surface area contributed by atoms with Gasteiger partial charge < -0.3 is 10.2 Å². The summed E-state index contributed by atoms with van der Waals surface area (Å²) in [6.07, 6.45) is 0. The normalized spacial score (nSPS) is 13.5. The molecule has 0 saturated heterocycles. The first-order valence-corrected chi connectivity index (χ1v) is 4.05. The fourth-order valence-corrected chi connectivity index (χ4v) is 0.677. The molecule has 0 aromatic rings. The van der Waals surface area contributed by atoms with E-state index < -0.39 is 0 Å². The van der Waals surface area contributed by atoms with Crippen LogP contribution in [0.3, 0.4) is 0 Å². The van der Waals surface area contributed by atoms with Gasteiger partial charge in [-0.25, -0.2) is 0 Å². The highest BCUT2D eigenvalue weighted by Gasteiger charge is 2.01. The van der Waals surface area contributed by atoms with E-state index in [0.717, 1.165) is 13.1 Å². The van der Waals surface area contributed by atoms with E-state index in [9.17, 15) is 0 Å². The molecule has 11 heavy (non-hydrogen) atoms. The van der Waals surface area contributed by atoms with Crippen LogP contribution in [0.5, 0.6) is 0 Å². The van der Waals surface area contributed by atoms with Crippen molar-refractivity contribution in [3.8, 4) is 0 Å². The predicted molar refractivity (Wildman–Crippen MR) is 50.8 cm³/mol. The number of nitrogens with zero attached hydrogens (tertiary/aromatic N) is 1. The van der Waals surface area contributed by atoms with Gasteiger partial charge in [-0.1, -0.05) is 12.2 Å². The van der Waals surface area contributed by atoms with Crippen molar-refractivity contribution in [3.63, 3.8) is 0 Å². The second-order valence-corrected chi connectivity index (χ2v) is 3.40. The zero-order valence-corrected chi connectivity index (χ0v) is 8.15. The molecule has 1 unspecified atom stereocenters. The summed E-state index contributed by atoms with van der Waals surface area (Å²) in [7, 11) is 4.18. The molecule has 0 radical (unpaired) electrons. The number of hydrogen-bond donors (Lipinski definition) is 1. The molecule has 0 rings (SSSR count). The van der Waals surface area contributed by atoms with Gasteiger partial charge in [-0.2, -0.15) is 0 Å². The van der Waals surface area contributed by atoms with Crippen LogP contribution in [0.25, 0.3) is 0 Å². The van der Waals surface area contributed by atoms with Gasteiger partial charge in [-0.15, -0.1) is 0 Å². The molecular weight excluding hydrogens is 136 g/mol. The van der Waals surface area contributed by atoms with E-state index in [2.05, 4.69) is 37.8 Å². The molecule has 0 aliphatic rings. The predicted octanol–water partition coefficient (Wildman–Crippen LogP) is 1.10. The molecular formula is C9H20N2. The fourth-order valence-electron chi connectivity index (χ4n) is 0.677. The Morgan fingerprint density at radius 2 is 2.09 bits per heavy atom. The summed E-state index contributed by atoms with van der Waals surface area (Å²) in [4.78, 5) is 2.20. The minimum Gasteiger partial charge on any atom is -0.311 e. The Kier molecular flexibility index (Phi) is 5.16. The van der Waals surface area contributed by atoms with Crippen molar-refractivity contribution in [1.29, 1.82) is 0 Å². The molecule has 1 N–H and O–H groups in total. The maximum Gasteiger partial charge on any atom is 0.0186 e. The second-order valence-electron chi connectivity index (χ2n) is 3.40. The number of rotatable bonds is 5. The van der Waals surface area contributed by atoms with Gasteiger partial charge in [0.1, 0.15) is 0 Å².